The zero-order valence-corrected chi connectivity index (χ0v) is 11.2. The molecule has 0 unspecified atom stereocenters. The highest BCUT2D eigenvalue weighted by molar-refractivity contribution is 7.14. The fourth-order valence-electron chi connectivity index (χ4n) is 2.31. The van der Waals surface area contributed by atoms with Gasteiger partial charge < -0.3 is 15.7 Å². The number of aliphatic hydroxyl groups excluding tert-OH is 1. The molecule has 0 spiro atoms. The topological polar surface area (TPSA) is 96.1 Å². The summed E-state index contributed by atoms with van der Waals surface area (Å²) in [4.78, 5) is 29.3. The number of carbonyl (C=O) groups is 2. The quantitative estimate of drug-likeness (QED) is 0.598. The molecule has 1 atom stereocenters. The third-order valence-electron chi connectivity index (χ3n) is 3.48. The van der Waals surface area contributed by atoms with Crippen LogP contribution in [-0.2, 0) is 16.1 Å². The van der Waals surface area contributed by atoms with Crippen molar-refractivity contribution in [1.82, 2.24) is 9.96 Å². The summed E-state index contributed by atoms with van der Waals surface area (Å²) in [6.45, 7) is -0.819. The first kappa shape index (κ1) is 13.3. The minimum absolute atomic E-state index is 0.0281. The van der Waals surface area contributed by atoms with E-state index >= 15 is 0 Å². The normalized spacial score (nSPS) is 26.8. The van der Waals surface area contributed by atoms with Crippen molar-refractivity contribution in [1.29, 1.82) is 0 Å². The molecule has 3 heterocycles. The molecule has 108 valence electrons. The van der Waals surface area contributed by atoms with Crippen molar-refractivity contribution in [2.24, 2.45) is 0 Å². The fourth-order valence-corrected chi connectivity index (χ4v) is 3.04. The Balaban J connectivity index is 1.87. The standard InChI is InChI=1S/C11H12FN3O4S/c12-11(2-1-8(17)14(5-16)10(11)18)15-3-6-7(19-15)4-20-9(6)13/h4,16H,1-3,5,13H2/t11-/m0/s1. The van der Waals surface area contributed by atoms with Gasteiger partial charge in [0.1, 0.15) is 6.73 Å². The molecule has 20 heavy (non-hydrogen) atoms. The van der Waals surface area contributed by atoms with E-state index in [0.717, 1.165) is 5.06 Å². The molecule has 2 amide bonds. The number of likely N-dealkylation sites (tertiary alicyclic amines) is 1. The van der Waals surface area contributed by atoms with Crippen molar-refractivity contribution >= 4 is 28.2 Å². The number of aliphatic hydroxyl groups is 1. The lowest BCUT2D eigenvalue weighted by Crippen LogP contribution is -2.61. The van der Waals surface area contributed by atoms with Crippen molar-refractivity contribution < 1.29 is 23.9 Å². The SMILES string of the molecule is Nc1scc2c1CN([C@@]1(F)CCC(=O)N(CO)C1=O)O2. The molecule has 1 saturated heterocycles. The highest BCUT2D eigenvalue weighted by Gasteiger charge is 2.55. The number of carbonyl (C=O) groups excluding carboxylic acids is 2. The number of nitrogens with zero attached hydrogens (tertiary/aromatic N) is 2. The van der Waals surface area contributed by atoms with E-state index in [1.807, 2.05) is 0 Å². The molecule has 3 rings (SSSR count). The highest BCUT2D eigenvalue weighted by atomic mass is 32.1. The lowest BCUT2D eigenvalue weighted by Gasteiger charge is -2.37. The summed E-state index contributed by atoms with van der Waals surface area (Å²) in [5.41, 5.74) is 6.37. The number of halogens is 1. The largest absolute Gasteiger partial charge is 0.401 e. The maximum atomic E-state index is 15.0. The van der Waals surface area contributed by atoms with Gasteiger partial charge in [-0.05, 0) is 0 Å². The van der Waals surface area contributed by atoms with Crippen LogP contribution in [0.2, 0.25) is 0 Å². The summed E-state index contributed by atoms with van der Waals surface area (Å²) in [5, 5.41) is 12.1. The number of thiophene rings is 1. The fraction of sp³-hybridized carbons (Fsp3) is 0.455. The second-order valence-electron chi connectivity index (χ2n) is 4.60. The number of alkyl halides is 1. The summed E-state index contributed by atoms with van der Waals surface area (Å²) >= 11 is 1.27. The van der Waals surface area contributed by atoms with E-state index in [1.165, 1.54) is 11.3 Å². The molecule has 3 N–H and O–H groups in total. The molecule has 0 aromatic carbocycles. The van der Waals surface area contributed by atoms with Gasteiger partial charge in [-0.25, -0.2) is 4.39 Å². The van der Waals surface area contributed by atoms with Crippen molar-refractivity contribution in [3.8, 4) is 5.75 Å². The maximum absolute atomic E-state index is 15.0. The molecule has 2 aliphatic rings. The number of piperidine rings is 1. The number of rotatable bonds is 2. The Bertz CT molecular complexity index is 592. The Morgan fingerprint density at radius 2 is 2.30 bits per heavy atom. The number of nitrogens with two attached hydrogens (primary N) is 1. The van der Waals surface area contributed by atoms with Crippen LogP contribution in [0.4, 0.5) is 9.39 Å². The Morgan fingerprint density at radius 1 is 1.55 bits per heavy atom. The third kappa shape index (κ3) is 1.70. The lowest BCUT2D eigenvalue weighted by atomic mass is 10.0. The number of anilines is 1. The van der Waals surface area contributed by atoms with Crippen molar-refractivity contribution in [2.75, 3.05) is 12.5 Å². The summed E-state index contributed by atoms with van der Waals surface area (Å²) < 4.78 is 15.0. The average Bonchev–Trinajstić information content (AvgIpc) is 2.98. The van der Waals surface area contributed by atoms with Crippen LogP contribution in [0.5, 0.6) is 5.75 Å². The molecule has 0 radical (unpaired) electrons. The van der Waals surface area contributed by atoms with E-state index in [-0.39, 0.29) is 19.4 Å². The second kappa shape index (κ2) is 4.40. The van der Waals surface area contributed by atoms with Crippen LogP contribution < -0.4 is 10.6 Å². The zero-order chi connectivity index (χ0) is 14.5. The average molecular weight is 301 g/mol. The molecule has 1 aromatic heterocycles. The van der Waals surface area contributed by atoms with Crippen LogP contribution in [-0.4, -0.2) is 39.4 Å². The summed E-state index contributed by atoms with van der Waals surface area (Å²) in [7, 11) is 0. The summed E-state index contributed by atoms with van der Waals surface area (Å²) in [6.07, 6.45) is -0.486. The van der Waals surface area contributed by atoms with Gasteiger partial charge in [0.25, 0.3) is 11.7 Å². The molecular weight excluding hydrogens is 289 g/mol. The number of hydrogen-bond acceptors (Lipinski definition) is 7. The van der Waals surface area contributed by atoms with E-state index in [1.54, 1.807) is 5.38 Å². The molecular formula is C11H12FN3O4S. The van der Waals surface area contributed by atoms with Crippen LogP contribution in [0.25, 0.3) is 0 Å². The summed E-state index contributed by atoms with van der Waals surface area (Å²) in [6, 6.07) is 0. The van der Waals surface area contributed by atoms with Crippen LogP contribution in [0, 0.1) is 0 Å². The van der Waals surface area contributed by atoms with Gasteiger partial charge in [0.05, 0.1) is 11.5 Å². The predicted octanol–water partition coefficient (Wildman–Crippen LogP) is 0.204. The van der Waals surface area contributed by atoms with Crippen molar-refractivity contribution in [2.45, 2.75) is 25.2 Å². The van der Waals surface area contributed by atoms with Gasteiger partial charge in [-0.1, -0.05) is 5.06 Å². The van der Waals surface area contributed by atoms with Crippen LogP contribution in [0.1, 0.15) is 18.4 Å². The van der Waals surface area contributed by atoms with Crippen LogP contribution in [0.3, 0.4) is 0 Å². The monoisotopic (exact) mass is 301 g/mol. The van der Waals surface area contributed by atoms with Crippen molar-refractivity contribution in [3.63, 3.8) is 0 Å². The first-order chi connectivity index (χ1) is 9.47. The van der Waals surface area contributed by atoms with Gasteiger partial charge in [-0.3, -0.25) is 14.5 Å². The van der Waals surface area contributed by atoms with Gasteiger partial charge in [0, 0.05) is 23.8 Å². The Labute approximate surface area is 117 Å². The van der Waals surface area contributed by atoms with Crippen molar-refractivity contribution in [3.05, 3.63) is 10.9 Å². The van der Waals surface area contributed by atoms with E-state index in [9.17, 15) is 14.0 Å². The van der Waals surface area contributed by atoms with Gasteiger partial charge in [0.2, 0.25) is 5.91 Å². The van der Waals surface area contributed by atoms with Crippen LogP contribution in [0.15, 0.2) is 5.38 Å². The van der Waals surface area contributed by atoms with Gasteiger partial charge >= 0.3 is 0 Å². The minimum atomic E-state index is -2.47. The maximum Gasteiger partial charge on any atom is 0.287 e. The van der Waals surface area contributed by atoms with Gasteiger partial charge in [-0.15, -0.1) is 11.3 Å². The number of imide groups is 1. The molecule has 9 heteroatoms. The first-order valence-corrected chi connectivity index (χ1v) is 6.81. The number of nitrogen functional groups attached to an aromatic ring is 1. The van der Waals surface area contributed by atoms with E-state index in [4.69, 9.17) is 15.7 Å². The zero-order valence-electron chi connectivity index (χ0n) is 10.3. The lowest BCUT2D eigenvalue weighted by molar-refractivity contribution is -0.220. The van der Waals surface area contributed by atoms with E-state index in [0.29, 0.717) is 21.2 Å². The Hall–Kier alpha value is -1.71. The number of hydrogen-bond donors (Lipinski definition) is 2. The Morgan fingerprint density at radius 3 is 2.95 bits per heavy atom. The molecule has 2 aliphatic heterocycles. The summed E-state index contributed by atoms with van der Waals surface area (Å²) in [5.74, 6) is -3.76. The van der Waals surface area contributed by atoms with Crippen LogP contribution >= 0.6 is 11.3 Å². The predicted molar refractivity (Wildman–Crippen MR) is 66.9 cm³/mol. The molecule has 0 bridgehead atoms. The Kier molecular flexibility index (Phi) is 2.92. The molecule has 0 aliphatic carbocycles. The number of fused-ring (bicyclic) bond motifs is 1. The second-order valence-corrected chi connectivity index (χ2v) is 5.51. The van der Waals surface area contributed by atoms with E-state index in [2.05, 4.69) is 0 Å². The molecule has 7 nitrogen and oxygen atoms in total. The van der Waals surface area contributed by atoms with E-state index < -0.39 is 24.3 Å². The minimum Gasteiger partial charge on any atom is -0.401 e. The van der Waals surface area contributed by atoms with Gasteiger partial charge in [0.15, 0.2) is 5.75 Å². The van der Waals surface area contributed by atoms with Gasteiger partial charge in [-0.2, -0.15) is 0 Å². The first-order valence-electron chi connectivity index (χ1n) is 5.93. The number of amides is 2. The number of hydroxylamine groups is 2. The highest BCUT2D eigenvalue weighted by Crippen LogP contribution is 2.43. The smallest absolute Gasteiger partial charge is 0.287 e. The molecule has 0 saturated carbocycles. The molecule has 1 aromatic rings. The third-order valence-corrected chi connectivity index (χ3v) is 4.31. The molecule has 1 fully saturated rings.